The second kappa shape index (κ2) is 4.14. The predicted molar refractivity (Wildman–Crippen MR) is 74.8 cm³/mol. The van der Waals surface area contributed by atoms with Crippen LogP contribution in [0.5, 0.6) is 0 Å². The number of hydrogen-bond donors (Lipinski definition) is 0. The van der Waals surface area contributed by atoms with Crippen molar-refractivity contribution < 1.29 is 9.53 Å². The summed E-state index contributed by atoms with van der Waals surface area (Å²) in [6, 6.07) is -0.653. The smallest absolute Gasteiger partial charge is 0.315 e. The van der Waals surface area contributed by atoms with E-state index < -0.39 is 6.04 Å². The molecule has 0 saturated heterocycles. The van der Waals surface area contributed by atoms with Gasteiger partial charge in [0.1, 0.15) is 6.04 Å². The molecule has 4 aliphatic carbocycles. The number of nitrogens with zero attached hydrogens (tertiary/aromatic N) is 3. The Morgan fingerprint density at radius 1 is 1.25 bits per heavy atom. The van der Waals surface area contributed by atoms with Gasteiger partial charge in [0.15, 0.2) is 0 Å². The summed E-state index contributed by atoms with van der Waals surface area (Å²) < 4.78 is 4.92. The molecule has 0 radical (unpaired) electrons. The average Bonchev–Trinajstić information content (AvgIpc) is 2.30. The number of carbonyl (C=O) groups excluding carboxylic acids is 1. The standard InChI is InChI=1S/C15H23N3O2/c1-13-4-10-5-14(2,7-13)9-15(6-10,8-13)11(17-18-16)12(19)20-3/h10-11H,4-9H2,1-3H3. The number of methoxy groups -OCH3 is 1. The molecule has 5 nitrogen and oxygen atoms in total. The van der Waals surface area contributed by atoms with Crippen LogP contribution in [0, 0.1) is 22.2 Å². The zero-order valence-electron chi connectivity index (χ0n) is 12.6. The first-order chi connectivity index (χ1) is 9.34. The van der Waals surface area contributed by atoms with Crippen molar-refractivity contribution in [3.63, 3.8) is 0 Å². The van der Waals surface area contributed by atoms with Crippen LogP contribution < -0.4 is 0 Å². The van der Waals surface area contributed by atoms with E-state index in [-0.39, 0.29) is 11.4 Å². The zero-order chi connectivity index (χ0) is 14.6. The van der Waals surface area contributed by atoms with Gasteiger partial charge in [-0.2, -0.15) is 0 Å². The molecule has 0 aromatic carbocycles. The lowest BCUT2D eigenvalue weighted by molar-refractivity contribution is -0.172. The molecule has 4 bridgehead atoms. The molecule has 3 unspecified atom stereocenters. The van der Waals surface area contributed by atoms with E-state index in [2.05, 4.69) is 23.9 Å². The molecule has 0 aromatic heterocycles. The van der Waals surface area contributed by atoms with E-state index in [0.717, 1.165) is 19.3 Å². The summed E-state index contributed by atoms with van der Waals surface area (Å²) in [5.74, 6) is 0.305. The first-order valence-electron chi connectivity index (χ1n) is 7.46. The van der Waals surface area contributed by atoms with Crippen LogP contribution in [-0.2, 0) is 9.53 Å². The number of rotatable bonds is 3. The van der Waals surface area contributed by atoms with E-state index >= 15 is 0 Å². The first kappa shape index (κ1) is 13.7. The van der Waals surface area contributed by atoms with Gasteiger partial charge in [-0.05, 0) is 66.2 Å². The lowest BCUT2D eigenvalue weighted by atomic mass is 9.39. The van der Waals surface area contributed by atoms with Crippen molar-refractivity contribution in [3.05, 3.63) is 10.4 Å². The third-order valence-corrected chi connectivity index (χ3v) is 5.84. The van der Waals surface area contributed by atoms with Crippen molar-refractivity contribution in [2.45, 2.75) is 58.4 Å². The molecule has 0 heterocycles. The fourth-order valence-electron chi connectivity index (χ4n) is 6.42. The number of ether oxygens (including phenoxy) is 1. The Balaban J connectivity index is 2.02. The Kier molecular flexibility index (Phi) is 2.85. The molecule has 0 N–H and O–H groups in total. The predicted octanol–water partition coefficient (Wildman–Crippen LogP) is 3.83. The van der Waals surface area contributed by atoms with Gasteiger partial charge in [-0.1, -0.05) is 19.0 Å². The van der Waals surface area contributed by atoms with Gasteiger partial charge < -0.3 is 4.74 Å². The lowest BCUT2D eigenvalue weighted by Gasteiger charge is -2.66. The maximum absolute atomic E-state index is 12.1. The molecule has 0 aromatic rings. The van der Waals surface area contributed by atoms with Gasteiger partial charge in [0.25, 0.3) is 0 Å². The van der Waals surface area contributed by atoms with Crippen LogP contribution in [0.2, 0.25) is 0 Å². The Bertz CT molecular complexity index is 479. The van der Waals surface area contributed by atoms with Crippen LogP contribution in [0.1, 0.15) is 52.4 Å². The van der Waals surface area contributed by atoms with Crippen LogP contribution in [0.25, 0.3) is 10.4 Å². The maximum atomic E-state index is 12.1. The van der Waals surface area contributed by atoms with Crippen LogP contribution in [0.4, 0.5) is 0 Å². The summed E-state index contributed by atoms with van der Waals surface area (Å²) in [6.07, 6.45) is 6.75. The van der Waals surface area contributed by atoms with E-state index in [1.54, 1.807) is 0 Å². The fourth-order valence-corrected chi connectivity index (χ4v) is 6.42. The van der Waals surface area contributed by atoms with E-state index in [1.165, 1.54) is 26.4 Å². The van der Waals surface area contributed by atoms with Gasteiger partial charge in [-0.25, -0.2) is 0 Å². The van der Waals surface area contributed by atoms with Crippen molar-refractivity contribution in [1.29, 1.82) is 0 Å². The molecule has 0 aliphatic heterocycles. The third kappa shape index (κ3) is 1.91. The molecule has 20 heavy (non-hydrogen) atoms. The Morgan fingerprint density at radius 3 is 2.30 bits per heavy atom. The largest absolute Gasteiger partial charge is 0.469 e. The summed E-state index contributed by atoms with van der Waals surface area (Å²) in [5.41, 5.74) is 9.28. The second-order valence-electron chi connectivity index (χ2n) is 8.12. The van der Waals surface area contributed by atoms with Crippen molar-refractivity contribution in [1.82, 2.24) is 0 Å². The van der Waals surface area contributed by atoms with Gasteiger partial charge in [0.05, 0.1) is 7.11 Å². The summed E-state index contributed by atoms with van der Waals surface area (Å²) in [5, 5.41) is 3.85. The molecule has 4 saturated carbocycles. The van der Waals surface area contributed by atoms with Crippen LogP contribution in [-0.4, -0.2) is 19.1 Å². The number of hydrogen-bond acceptors (Lipinski definition) is 3. The Morgan fingerprint density at radius 2 is 1.85 bits per heavy atom. The molecule has 0 spiro atoms. The summed E-state index contributed by atoms with van der Waals surface area (Å²) in [6.45, 7) is 4.68. The topological polar surface area (TPSA) is 75.1 Å². The highest BCUT2D eigenvalue weighted by Crippen LogP contribution is 2.70. The van der Waals surface area contributed by atoms with Gasteiger partial charge in [-0.15, -0.1) is 0 Å². The molecular formula is C15H23N3O2. The van der Waals surface area contributed by atoms with Crippen molar-refractivity contribution in [2.75, 3.05) is 7.11 Å². The molecule has 4 aliphatic rings. The van der Waals surface area contributed by atoms with E-state index in [9.17, 15) is 4.79 Å². The molecule has 4 fully saturated rings. The van der Waals surface area contributed by atoms with Gasteiger partial charge >= 0.3 is 5.97 Å². The van der Waals surface area contributed by atoms with Crippen molar-refractivity contribution in [2.24, 2.45) is 27.3 Å². The zero-order valence-corrected chi connectivity index (χ0v) is 12.6. The van der Waals surface area contributed by atoms with E-state index in [4.69, 9.17) is 10.3 Å². The fraction of sp³-hybridized carbons (Fsp3) is 0.933. The quantitative estimate of drug-likeness (QED) is 0.340. The molecular weight excluding hydrogens is 254 g/mol. The van der Waals surface area contributed by atoms with Gasteiger partial charge in [0, 0.05) is 4.91 Å². The highest BCUT2D eigenvalue weighted by Gasteiger charge is 2.63. The maximum Gasteiger partial charge on any atom is 0.315 e. The van der Waals surface area contributed by atoms with Crippen molar-refractivity contribution in [3.8, 4) is 0 Å². The normalized spacial score (nSPS) is 46.6. The Labute approximate surface area is 119 Å². The number of esters is 1. The van der Waals surface area contributed by atoms with Crippen molar-refractivity contribution >= 4 is 5.97 Å². The third-order valence-electron chi connectivity index (χ3n) is 5.84. The van der Waals surface area contributed by atoms with E-state index in [0.29, 0.717) is 16.7 Å². The summed E-state index contributed by atoms with van der Waals surface area (Å²) >= 11 is 0. The van der Waals surface area contributed by atoms with Crippen LogP contribution in [0.15, 0.2) is 5.11 Å². The van der Waals surface area contributed by atoms with Crippen LogP contribution in [0.3, 0.4) is 0 Å². The lowest BCUT2D eigenvalue weighted by Crippen LogP contribution is -2.59. The minimum Gasteiger partial charge on any atom is -0.469 e. The summed E-state index contributed by atoms with van der Waals surface area (Å²) in [7, 11) is 1.38. The van der Waals surface area contributed by atoms with Gasteiger partial charge in [-0.3, -0.25) is 4.79 Å². The monoisotopic (exact) mass is 277 g/mol. The molecule has 4 rings (SSSR count). The molecule has 5 heteroatoms. The number of carbonyl (C=O) groups is 1. The minimum atomic E-state index is -0.653. The SMILES string of the molecule is COC(=O)C(N=[N+]=[N-])C12CC3CC(C)(CC(C)(C3)C1)C2. The minimum absolute atomic E-state index is 0.178. The summed E-state index contributed by atoms with van der Waals surface area (Å²) in [4.78, 5) is 15.1. The molecule has 110 valence electrons. The van der Waals surface area contributed by atoms with Crippen LogP contribution >= 0.6 is 0 Å². The van der Waals surface area contributed by atoms with E-state index in [1.807, 2.05) is 0 Å². The highest BCUT2D eigenvalue weighted by molar-refractivity contribution is 5.77. The molecule has 3 atom stereocenters. The number of azide groups is 1. The first-order valence-corrected chi connectivity index (χ1v) is 7.46. The second-order valence-corrected chi connectivity index (χ2v) is 8.12. The Hall–Kier alpha value is -1.22. The average molecular weight is 277 g/mol. The highest BCUT2D eigenvalue weighted by atomic mass is 16.5. The van der Waals surface area contributed by atoms with Gasteiger partial charge in [0.2, 0.25) is 0 Å². The molecule has 0 amide bonds.